The summed E-state index contributed by atoms with van der Waals surface area (Å²) in [6.07, 6.45) is 0. The maximum Gasteiger partial charge on any atom is 0.333 e. The minimum atomic E-state index is -0.673. The molecule has 0 saturated carbocycles. The van der Waals surface area contributed by atoms with Crippen molar-refractivity contribution in [3.63, 3.8) is 0 Å². The second-order valence-electron chi connectivity index (χ2n) is 5.15. The number of carbonyl (C=O) groups is 1. The van der Waals surface area contributed by atoms with Crippen molar-refractivity contribution >= 4 is 34.2 Å². The predicted octanol–water partition coefficient (Wildman–Crippen LogP) is 1.44. The number of hydrogen-bond donors (Lipinski definition) is 1. The number of benzene rings is 1. The Balaban J connectivity index is 2.31. The molecule has 2 aromatic rings. The third-order valence-electron chi connectivity index (χ3n) is 3.56. The van der Waals surface area contributed by atoms with Gasteiger partial charge in [-0.1, -0.05) is 23.4 Å². The normalized spacial score (nSPS) is 11.6. The van der Waals surface area contributed by atoms with Gasteiger partial charge >= 0.3 is 5.69 Å². The first-order valence-corrected chi connectivity index (χ1v) is 8.52. The Morgan fingerprint density at radius 2 is 1.80 bits per heavy atom. The molecule has 1 aromatic carbocycles. The average molecular weight is 382 g/mol. The molecule has 0 saturated heterocycles. The Morgan fingerprint density at radius 1 is 1.20 bits per heavy atom. The van der Waals surface area contributed by atoms with Crippen LogP contribution in [-0.4, -0.2) is 37.9 Å². The molecular formula is C16H16ClN3O4S. The molecule has 2 rings (SSSR count). The highest BCUT2D eigenvalue weighted by atomic mass is 35.5. The van der Waals surface area contributed by atoms with Gasteiger partial charge in [-0.25, -0.2) is 4.79 Å². The number of nitrogens with zero attached hydrogens (tertiary/aromatic N) is 3. The molecule has 1 N–H and O–H groups in total. The summed E-state index contributed by atoms with van der Waals surface area (Å²) in [6.45, 7) is 0. The summed E-state index contributed by atoms with van der Waals surface area (Å²) >= 11 is 6.81. The lowest BCUT2D eigenvalue weighted by atomic mass is 10.1. The molecule has 7 nitrogen and oxygen atoms in total. The number of aromatic nitrogens is 2. The third-order valence-corrected chi connectivity index (χ3v) is 4.88. The topological polar surface area (TPSA) is 93.7 Å². The van der Waals surface area contributed by atoms with Crippen LogP contribution in [0.15, 0.2) is 38.8 Å². The molecule has 0 bridgehead atoms. The zero-order valence-electron chi connectivity index (χ0n) is 13.8. The van der Waals surface area contributed by atoms with Crippen molar-refractivity contribution in [1.82, 2.24) is 9.13 Å². The second kappa shape index (κ2) is 7.71. The molecule has 0 fully saturated rings. The smallest absolute Gasteiger partial charge is 0.333 e. The van der Waals surface area contributed by atoms with Gasteiger partial charge in [0.1, 0.15) is 10.6 Å². The van der Waals surface area contributed by atoms with Gasteiger partial charge in [-0.3, -0.25) is 23.7 Å². The average Bonchev–Trinajstić information content (AvgIpc) is 2.61. The van der Waals surface area contributed by atoms with Crippen LogP contribution in [0.5, 0.6) is 5.88 Å². The van der Waals surface area contributed by atoms with Crippen molar-refractivity contribution in [3.05, 3.63) is 61.3 Å². The number of rotatable bonds is 4. The molecule has 0 aliphatic carbocycles. The van der Waals surface area contributed by atoms with Crippen LogP contribution in [0.3, 0.4) is 0 Å². The van der Waals surface area contributed by atoms with Crippen LogP contribution in [0.1, 0.15) is 15.9 Å². The zero-order valence-corrected chi connectivity index (χ0v) is 15.4. The maximum atomic E-state index is 12.3. The quantitative estimate of drug-likeness (QED) is 0.491. The van der Waals surface area contributed by atoms with Crippen LogP contribution in [0, 0.1) is 0 Å². The molecule has 132 valence electrons. The summed E-state index contributed by atoms with van der Waals surface area (Å²) in [5.74, 6) is -0.649. The van der Waals surface area contributed by atoms with Crippen LogP contribution in [-0.2, 0) is 14.1 Å². The van der Waals surface area contributed by atoms with E-state index in [9.17, 15) is 19.5 Å². The number of ketones is 1. The number of thioether (sulfide) groups is 1. The molecule has 0 amide bonds. The first-order chi connectivity index (χ1) is 11.8. The Kier molecular flexibility index (Phi) is 5.86. The number of halogens is 1. The lowest BCUT2D eigenvalue weighted by molar-refractivity contribution is 0.102. The van der Waals surface area contributed by atoms with E-state index in [1.54, 1.807) is 24.3 Å². The van der Waals surface area contributed by atoms with Crippen molar-refractivity contribution in [2.24, 2.45) is 19.1 Å². The summed E-state index contributed by atoms with van der Waals surface area (Å²) in [5, 5.41) is 10.9. The Bertz CT molecular complexity index is 961. The molecule has 1 heterocycles. The van der Waals surface area contributed by atoms with Crippen molar-refractivity contribution in [3.8, 4) is 5.88 Å². The largest absolute Gasteiger partial charge is 0.494 e. The van der Waals surface area contributed by atoms with Gasteiger partial charge in [0.05, 0.1) is 5.75 Å². The summed E-state index contributed by atoms with van der Waals surface area (Å²) in [4.78, 5) is 40.4. The molecule has 0 atom stereocenters. The highest BCUT2D eigenvalue weighted by Crippen LogP contribution is 2.20. The van der Waals surface area contributed by atoms with Gasteiger partial charge in [-0.15, -0.1) is 0 Å². The fourth-order valence-electron chi connectivity index (χ4n) is 2.12. The SMILES string of the molecule is CN=C(SCC(=O)c1ccc(Cl)cc1)c1c(O)n(C)c(=O)n(C)c1=O. The van der Waals surface area contributed by atoms with Gasteiger partial charge in [0.25, 0.3) is 5.56 Å². The van der Waals surface area contributed by atoms with E-state index >= 15 is 0 Å². The van der Waals surface area contributed by atoms with Gasteiger partial charge in [-0.05, 0) is 24.3 Å². The van der Waals surface area contributed by atoms with Gasteiger partial charge in [-0.2, -0.15) is 0 Å². The maximum absolute atomic E-state index is 12.3. The molecule has 1 aromatic heterocycles. The van der Waals surface area contributed by atoms with E-state index in [-0.39, 0.29) is 22.1 Å². The van der Waals surface area contributed by atoms with Gasteiger partial charge in [0.15, 0.2) is 5.78 Å². The van der Waals surface area contributed by atoms with Gasteiger partial charge in [0, 0.05) is 31.7 Å². The highest BCUT2D eigenvalue weighted by Gasteiger charge is 2.21. The molecule has 0 radical (unpaired) electrons. The summed E-state index contributed by atoms with van der Waals surface area (Å²) < 4.78 is 1.82. The standard InChI is InChI=1S/C16H16ClN3O4S/c1-18-13(12-14(22)19(2)16(24)20(3)15(12)23)25-8-11(21)9-4-6-10(17)7-5-9/h4-7,22H,8H2,1-3H3. The number of aliphatic imine (C=N–C) groups is 1. The van der Waals surface area contributed by atoms with E-state index in [4.69, 9.17) is 11.6 Å². The van der Waals surface area contributed by atoms with Crippen molar-refractivity contribution in [2.75, 3.05) is 12.8 Å². The van der Waals surface area contributed by atoms with Crippen LogP contribution < -0.4 is 11.2 Å². The minimum Gasteiger partial charge on any atom is -0.494 e. The van der Waals surface area contributed by atoms with E-state index in [0.717, 1.165) is 20.9 Å². The van der Waals surface area contributed by atoms with E-state index in [1.807, 2.05) is 0 Å². The lowest BCUT2D eigenvalue weighted by Crippen LogP contribution is -2.39. The fourth-order valence-corrected chi connectivity index (χ4v) is 3.13. The number of carbonyl (C=O) groups excluding carboxylic acids is 1. The highest BCUT2D eigenvalue weighted by molar-refractivity contribution is 8.15. The number of hydrogen-bond acceptors (Lipinski definition) is 6. The van der Waals surface area contributed by atoms with E-state index in [1.165, 1.54) is 21.1 Å². The van der Waals surface area contributed by atoms with E-state index in [0.29, 0.717) is 10.6 Å². The Labute approximate surface area is 152 Å². The summed E-state index contributed by atoms with van der Waals surface area (Å²) in [6, 6.07) is 6.44. The third kappa shape index (κ3) is 3.85. The summed E-state index contributed by atoms with van der Waals surface area (Å²) in [7, 11) is 4.10. The molecule has 0 aliphatic heterocycles. The molecule has 0 spiro atoms. The number of aromatic hydroxyl groups is 1. The first-order valence-electron chi connectivity index (χ1n) is 7.15. The van der Waals surface area contributed by atoms with Crippen LogP contribution in [0.4, 0.5) is 0 Å². The Morgan fingerprint density at radius 3 is 2.36 bits per heavy atom. The Hall–Kier alpha value is -2.32. The van der Waals surface area contributed by atoms with Gasteiger partial charge in [0.2, 0.25) is 5.88 Å². The molecule has 0 aliphatic rings. The van der Waals surface area contributed by atoms with Crippen molar-refractivity contribution < 1.29 is 9.90 Å². The second-order valence-corrected chi connectivity index (χ2v) is 6.55. The minimum absolute atomic E-state index is 0.0136. The summed E-state index contributed by atoms with van der Waals surface area (Å²) in [5.41, 5.74) is -0.956. The van der Waals surface area contributed by atoms with E-state index in [2.05, 4.69) is 4.99 Å². The molecular weight excluding hydrogens is 366 g/mol. The van der Waals surface area contributed by atoms with Crippen LogP contribution in [0.2, 0.25) is 5.02 Å². The monoisotopic (exact) mass is 381 g/mol. The van der Waals surface area contributed by atoms with Gasteiger partial charge < -0.3 is 5.11 Å². The lowest BCUT2D eigenvalue weighted by Gasteiger charge is -2.11. The number of Topliss-reactive ketones (excluding diaryl/α,β-unsaturated/α-hetero) is 1. The van der Waals surface area contributed by atoms with Crippen LogP contribution in [0.25, 0.3) is 0 Å². The fraction of sp³-hybridized carbons (Fsp3) is 0.250. The molecule has 25 heavy (non-hydrogen) atoms. The predicted molar refractivity (Wildman–Crippen MR) is 99.3 cm³/mol. The molecule has 0 unspecified atom stereocenters. The zero-order chi connectivity index (χ0) is 18.7. The first kappa shape index (κ1) is 19.0. The van der Waals surface area contributed by atoms with E-state index < -0.39 is 17.1 Å². The van der Waals surface area contributed by atoms with Crippen molar-refractivity contribution in [2.45, 2.75) is 0 Å². The van der Waals surface area contributed by atoms with Crippen LogP contribution >= 0.6 is 23.4 Å². The van der Waals surface area contributed by atoms with Crippen molar-refractivity contribution in [1.29, 1.82) is 0 Å². The molecule has 9 heteroatoms.